The number of carbonyl (C=O) groups is 2. The molecule has 1 aliphatic heterocycles. The lowest BCUT2D eigenvalue weighted by atomic mass is 10.1. The molecule has 3 N–H and O–H groups in total. The highest BCUT2D eigenvalue weighted by atomic mass is 16.2. The van der Waals surface area contributed by atoms with Crippen molar-refractivity contribution in [3.8, 4) is 0 Å². The number of ketones is 1. The Balaban J connectivity index is 2.62. The van der Waals surface area contributed by atoms with Gasteiger partial charge in [-0.15, -0.1) is 0 Å². The molecule has 0 atom stereocenters. The predicted molar refractivity (Wildman–Crippen MR) is 47.3 cm³/mol. The topological polar surface area (TPSA) is 72.2 Å². The molecule has 0 saturated heterocycles. The normalized spacial score (nSPS) is 14.2. The molecule has 0 bridgehead atoms. The third-order valence-corrected chi connectivity index (χ3v) is 2.06. The van der Waals surface area contributed by atoms with Crippen LogP contribution in [0.5, 0.6) is 0 Å². The fourth-order valence-electron chi connectivity index (χ4n) is 1.40. The minimum Gasteiger partial charge on any atom is -0.326 e. The average Bonchev–Trinajstić information content (AvgIpc) is 2.43. The van der Waals surface area contributed by atoms with Crippen LogP contribution >= 0.6 is 0 Å². The SMILES string of the molecule is NCc1cccc2c1NC(=O)C2=O. The number of nitrogens with one attached hydrogen (secondary N) is 1. The lowest BCUT2D eigenvalue weighted by Crippen LogP contribution is -2.12. The minimum absolute atomic E-state index is 0.316. The number of carbonyl (C=O) groups excluding carboxylic acids is 2. The second-order valence-electron chi connectivity index (χ2n) is 2.83. The second-order valence-corrected chi connectivity index (χ2v) is 2.83. The molecule has 0 saturated carbocycles. The van der Waals surface area contributed by atoms with Gasteiger partial charge in [0.15, 0.2) is 0 Å². The van der Waals surface area contributed by atoms with E-state index in [1.807, 2.05) is 0 Å². The Labute approximate surface area is 74.7 Å². The highest BCUT2D eigenvalue weighted by Gasteiger charge is 2.28. The summed E-state index contributed by atoms with van der Waals surface area (Å²) in [5.74, 6) is -1.05. The number of hydrogen-bond donors (Lipinski definition) is 2. The third-order valence-electron chi connectivity index (χ3n) is 2.06. The molecule has 0 aromatic heterocycles. The lowest BCUT2D eigenvalue weighted by Gasteiger charge is -2.02. The zero-order valence-electron chi connectivity index (χ0n) is 6.83. The number of para-hydroxylation sites is 1. The number of Topliss-reactive ketones (excluding diaryl/α,β-unsaturated/α-hetero) is 1. The van der Waals surface area contributed by atoms with Crippen LogP contribution in [0.15, 0.2) is 18.2 Å². The van der Waals surface area contributed by atoms with Crippen LogP contribution in [0.3, 0.4) is 0 Å². The second kappa shape index (κ2) is 2.67. The van der Waals surface area contributed by atoms with Crippen molar-refractivity contribution in [3.63, 3.8) is 0 Å². The van der Waals surface area contributed by atoms with E-state index in [-0.39, 0.29) is 0 Å². The van der Waals surface area contributed by atoms with E-state index in [2.05, 4.69) is 5.32 Å². The van der Waals surface area contributed by atoms with E-state index in [4.69, 9.17) is 5.73 Å². The van der Waals surface area contributed by atoms with Crippen molar-refractivity contribution in [3.05, 3.63) is 29.3 Å². The molecular formula is C9H8N2O2. The van der Waals surface area contributed by atoms with Crippen LogP contribution in [0.25, 0.3) is 0 Å². The summed E-state index contributed by atoms with van der Waals surface area (Å²) in [5.41, 5.74) is 7.23. The van der Waals surface area contributed by atoms with Crippen molar-refractivity contribution in [2.45, 2.75) is 6.54 Å². The van der Waals surface area contributed by atoms with Gasteiger partial charge >= 0.3 is 0 Å². The predicted octanol–water partition coefficient (Wildman–Crippen LogP) is 0.280. The molecule has 0 aliphatic carbocycles. The van der Waals surface area contributed by atoms with E-state index in [0.29, 0.717) is 17.8 Å². The molecular weight excluding hydrogens is 168 g/mol. The Kier molecular flexibility index (Phi) is 1.63. The molecule has 1 heterocycles. The van der Waals surface area contributed by atoms with Crippen LogP contribution in [-0.4, -0.2) is 11.7 Å². The molecule has 13 heavy (non-hydrogen) atoms. The number of fused-ring (bicyclic) bond motifs is 1. The van der Waals surface area contributed by atoms with Crippen molar-refractivity contribution in [1.29, 1.82) is 0 Å². The van der Waals surface area contributed by atoms with Crippen molar-refractivity contribution in [2.24, 2.45) is 5.73 Å². The molecule has 4 heteroatoms. The van der Waals surface area contributed by atoms with E-state index < -0.39 is 11.7 Å². The molecule has 0 fully saturated rings. The Morgan fingerprint density at radius 1 is 1.31 bits per heavy atom. The largest absolute Gasteiger partial charge is 0.326 e. The van der Waals surface area contributed by atoms with Crippen LogP contribution in [0.4, 0.5) is 5.69 Å². The van der Waals surface area contributed by atoms with Crippen molar-refractivity contribution < 1.29 is 9.59 Å². The Morgan fingerprint density at radius 2 is 2.08 bits per heavy atom. The van der Waals surface area contributed by atoms with Crippen LogP contribution in [0.2, 0.25) is 0 Å². The van der Waals surface area contributed by atoms with E-state index in [1.165, 1.54) is 0 Å². The monoisotopic (exact) mass is 176 g/mol. The summed E-state index contributed by atoms with van der Waals surface area (Å²) in [6.45, 7) is 0.316. The van der Waals surface area contributed by atoms with Gasteiger partial charge in [0.25, 0.3) is 11.7 Å². The summed E-state index contributed by atoms with van der Waals surface area (Å²) in [4.78, 5) is 22.2. The molecule has 0 spiro atoms. The molecule has 4 nitrogen and oxygen atoms in total. The first-order valence-corrected chi connectivity index (χ1v) is 3.91. The third kappa shape index (κ3) is 1.03. The van der Waals surface area contributed by atoms with Crippen LogP contribution < -0.4 is 11.1 Å². The summed E-state index contributed by atoms with van der Waals surface area (Å²) in [6.07, 6.45) is 0. The highest BCUT2D eigenvalue weighted by molar-refractivity contribution is 6.51. The van der Waals surface area contributed by atoms with Gasteiger partial charge in [-0.25, -0.2) is 0 Å². The maximum absolute atomic E-state index is 11.2. The number of amides is 1. The van der Waals surface area contributed by atoms with Gasteiger partial charge in [0.05, 0.1) is 11.3 Å². The summed E-state index contributed by atoms with van der Waals surface area (Å²) in [6, 6.07) is 5.13. The molecule has 1 aliphatic rings. The van der Waals surface area contributed by atoms with E-state index in [0.717, 1.165) is 5.56 Å². The average molecular weight is 176 g/mol. The number of nitrogens with two attached hydrogens (primary N) is 1. The van der Waals surface area contributed by atoms with Gasteiger partial charge < -0.3 is 11.1 Å². The van der Waals surface area contributed by atoms with Crippen molar-refractivity contribution >= 4 is 17.4 Å². The summed E-state index contributed by atoms with van der Waals surface area (Å²) in [7, 11) is 0. The van der Waals surface area contributed by atoms with Gasteiger partial charge in [-0.2, -0.15) is 0 Å². The number of hydrogen-bond acceptors (Lipinski definition) is 3. The van der Waals surface area contributed by atoms with Gasteiger partial charge in [-0.1, -0.05) is 12.1 Å². The molecule has 0 unspecified atom stereocenters. The maximum atomic E-state index is 11.2. The van der Waals surface area contributed by atoms with E-state index in [9.17, 15) is 9.59 Å². The van der Waals surface area contributed by atoms with Crippen LogP contribution in [0, 0.1) is 0 Å². The van der Waals surface area contributed by atoms with E-state index >= 15 is 0 Å². The smallest absolute Gasteiger partial charge is 0.296 e. The fourth-order valence-corrected chi connectivity index (χ4v) is 1.40. The van der Waals surface area contributed by atoms with Crippen LogP contribution in [0.1, 0.15) is 15.9 Å². The van der Waals surface area contributed by atoms with E-state index in [1.54, 1.807) is 18.2 Å². The van der Waals surface area contributed by atoms with Crippen molar-refractivity contribution in [1.82, 2.24) is 0 Å². The van der Waals surface area contributed by atoms with Crippen molar-refractivity contribution in [2.75, 3.05) is 5.32 Å². The maximum Gasteiger partial charge on any atom is 0.296 e. The minimum atomic E-state index is -0.573. The summed E-state index contributed by atoms with van der Waals surface area (Å²) < 4.78 is 0. The highest BCUT2D eigenvalue weighted by Crippen LogP contribution is 2.26. The molecule has 0 radical (unpaired) electrons. The molecule has 66 valence electrons. The molecule has 1 aromatic rings. The Morgan fingerprint density at radius 3 is 2.77 bits per heavy atom. The standard InChI is InChI=1S/C9H8N2O2/c10-4-5-2-1-3-6-7(5)11-9(13)8(6)12/h1-3H,4,10H2,(H,11,12,13). The molecule has 1 aromatic carbocycles. The van der Waals surface area contributed by atoms with Gasteiger partial charge in [-0.05, 0) is 11.6 Å². The van der Waals surface area contributed by atoms with Crippen LogP contribution in [-0.2, 0) is 11.3 Å². The first kappa shape index (κ1) is 7.94. The zero-order valence-corrected chi connectivity index (χ0v) is 6.83. The van der Waals surface area contributed by atoms with Gasteiger partial charge in [0, 0.05) is 6.54 Å². The zero-order chi connectivity index (χ0) is 9.42. The summed E-state index contributed by atoms with van der Waals surface area (Å²) in [5, 5.41) is 2.50. The summed E-state index contributed by atoms with van der Waals surface area (Å²) >= 11 is 0. The van der Waals surface area contributed by atoms with Gasteiger partial charge in [0.1, 0.15) is 0 Å². The van der Waals surface area contributed by atoms with Gasteiger partial charge in [-0.3, -0.25) is 9.59 Å². The van der Waals surface area contributed by atoms with Gasteiger partial charge in [0.2, 0.25) is 0 Å². The molecule has 2 rings (SSSR count). The Hall–Kier alpha value is -1.68. The quantitative estimate of drug-likeness (QED) is 0.603. The number of anilines is 1. The lowest BCUT2D eigenvalue weighted by molar-refractivity contribution is -0.112. The first-order valence-electron chi connectivity index (χ1n) is 3.91. The number of rotatable bonds is 1. The fraction of sp³-hybridized carbons (Fsp3) is 0.111. The first-order chi connectivity index (χ1) is 6.24. The molecule has 1 amide bonds. The number of benzene rings is 1. The Bertz CT molecular complexity index is 399.